The fourth-order valence-corrected chi connectivity index (χ4v) is 5.41. The van der Waals surface area contributed by atoms with E-state index < -0.39 is 0 Å². The highest BCUT2D eigenvalue weighted by molar-refractivity contribution is 8.26. The Kier molecular flexibility index (Phi) is 8.29. The highest BCUT2D eigenvalue weighted by atomic mass is 35.5. The molecule has 2 aromatic carbocycles. The number of carbonyl (C=O) groups excluding carboxylic acids is 2. The van der Waals surface area contributed by atoms with E-state index in [1.165, 1.54) is 28.0 Å². The van der Waals surface area contributed by atoms with E-state index in [4.69, 9.17) is 23.8 Å². The summed E-state index contributed by atoms with van der Waals surface area (Å²) in [5.41, 5.74) is 2.16. The van der Waals surface area contributed by atoms with Crippen molar-refractivity contribution in [3.05, 3.63) is 98.9 Å². The minimum atomic E-state index is -0.214. The third kappa shape index (κ3) is 6.64. The normalized spacial score (nSPS) is 15.0. The Morgan fingerprint density at radius 3 is 2.68 bits per heavy atom. The van der Waals surface area contributed by atoms with Gasteiger partial charge in [-0.05, 0) is 29.3 Å². The zero-order valence-corrected chi connectivity index (χ0v) is 21.1. The number of hydrogen-bond acceptors (Lipinski definition) is 6. The first-order chi connectivity index (χ1) is 16.5. The van der Waals surface area contributed by atoms with Crippen molar-refractivity contribution in [3.8, 4) is 0 Å². The van der Waals surface area contributed by atoms with Gasteiger partial charge in [-0.25, -0.2) is 4.98 Å². The van der Waals surface area contributed by atoms with Crippen LogP contribution in [-0.2, 0) is 16.0 Å². The summed E-state index contributed by atoms with van der Waals surface area (Å²) in [5.74, 6) is -0.394. The lowest BCUT2D eigenvalue weighted by Crippen LogP contribution is -2.31. The molecular formula is C25H20ClN3O2S3. The van der Waals surface area contributed by atoms with E-state index in [0.717, 1.165) is 16.0 Å². The summed E-state index contributed by atoms with van der Waals surface area (Å²) in [6, 6.07) is 17.5. The number of hydrogen-bond donors (Lipinski definition) is 1. The van der Waals surface area contributed by atoms with Gasteiger partial charge < -0.3 is 5.32 Å². The van der Waals surface area contributed by atoms with Crippen molar-refractivity contribution in [2.45, 2.75) is 12.8 Å². The Balaban J connectivity index is 1.27. The first-order valence-electron chi connectivity index (χ1n) is 10.4. The molecule has 0 aliphatic carbocycles. The molecule has 0 bridgehead atoms. The molecule has 0 saturated carbocycles. The molecule has 1 fully saturated rings. The maximum absolute atomic E-state index is 12.7. The van der Waals surface area contributed by atoms with Crippen LogP contribution in [0.5, 0.6) is 0 Å². The van der Waals surface area contributed by atoms with Gasteiger partial charge in [-0.1, -0.05) is 90.2 Å². The third-order valence-electron chi connectivity index (χ3n) is 4.86. The second kappa shape index (κ2) is 11.6. The number of rotatable bonds is 8. The van der Waals surface area contributed by atoms with Crippen molar-refractivity contribution in [2.75, 3.05) is 11.9 Å². The van der Waals surface area contributed by atoms with Gasteiger partial charge in [0.1, 0.15) is 4.32 Å². The third-order valence-corrected chi connectivity index (χ3v) is 7.42. The Morgan fingerprint density at radius 2 is 1.91 bits per heavy atom. The van der Waals surface area contributed by atoms with Crippen LogP contribution in [0, 0.1) is 0 Å². The monoisotopic (exact) mass is 525 g/mol. The number of amides is 2. The molecule has 0 unspecified atom stereocenters. The Hall–Kier alpha value is -2.78. The van der Waals surface area contributed by atoms with Crippen LogP contribution in [0.1, 0.15) is 22.4 Å². The molecule has 1 saturated heterocycles. The molecular weight excluding hydrogens is 506 g/mol. The quantitative estimate of drug-likeness (QED) is 0.281. The van der Waals surface area contributed by atoms with Gasteiger partial charge >= 0.3 is 0 Å². The number of anilines is 1. The van der Waals surface area contributed by atoms with Crippen molar-refractivity contribution in [2.24, 2.45) is 0 Å². The predicted octanol–water partition coefficient (Wildman–Crippen LogP) is 6.17. The molecule has 2 heterocycles. The van der Waals surface area contributed by atoms with Gasteiger partial charge in [-0.2, -0.15) is 0 Å². The Morgan fingerprint density at radius 1 is 1.15 bits per heavy atom. The number of nitrogens with one attached hydrogen (secondary N) is 1. The minimum Gasteiger partial charge on any atom is -0.302 e. The number of nitrogens with zero attached hydrogens (tertiary/aromatic N) is 2. The summed E-state index contributed by atoms with van der Waals surface area (Å²) in [7, 11) is 0. The number of thiazole rings is 1. The average Bonchev–Trinajstić information content (AvgIpc) is 3.37. The molecule has 172 valence electrons. The molecule has 1 N–H and O–H groups in total. The van der Waals surface area contributed by atoms with Crippen LogP contribution in [0.2, 0.25) is 5.02 Å². The Labute approximate surface area is 216 Å². The molecule has 0 spiro atoms. The maximum atomic E-state index is 12.7. The van der Waals surface area contributed by atoms with Crippen LogP contribution in [0.25, 0.3) is 6.08 Å². The van der Waals surface area contributed by atoms with Gasteiger partial charge in [0.25, 0.3) is 5.91 Å². The van der Waals surface area contributed by atoms with Crippen LogP contribution in [0.4, 0.5) is 5.13 Å². The van der Waals surface area contributed by atoms with E-state index in [2.05, 4.69) is 10.3 Å². The molecule has 0 radical (unpaired) electrons. The van der Waals surface area contributed by atoms with Crippen molar-refractivity contribution in [1.29, 1.82) is 0 Å². The first-order valence-corrected chi connectivity index (χ1v) is 12.9. The first kappa shape index (κ1) is 24.3. The number of aromatic nitrogens is 1. The van der Waals surface area contributed by atoms with Crippen LogP contribution in [0.3, 0.4) is 0 Å². The van der Waals surface area contributed by atoms with Gasteiger partial charge in [0.2, 0.25) is 5.91 Å². The highest BCUT2D eigenvalue weighted by Crippen LogP contribution is 2.31. The number of thioether (sulfide) groups is 1. The molecule has 5 nitrogen and oxygen atoms in total. The van der Waals surface area contributed by atoms with Crippen LogP contribution < -0.4 is 5.32 Å². The lowest BCUT2D eigenvalue weighted by atomic mass is 10.1. The standard InChI is InChI=1S/C25H20ClN3O2S3/c26-19-11-9-18(10-12-19)15-20-16-27-24(33-20)28-22(30)13-14-29-23(31)21(34-25(29)32)8-4-7-17-5-2-1-3-6-17/h1-12,16H,13-15H2,(H,27,28,30)/b7-4+,21-8-. The second-order valence-corrected chi connectivity index (χ2v) is 10.6. The van der Waals surface area contributed by atoms with Crippen LogP contribution >= 0.6 is 46.9 Å². The molecule has 0 atom stereocenters. The summed E-state index contributed by atoms with van der Waals surface area (Å²) in [6.07, 6.45) is 8.11. The van der Waals surface area contributed by atoms with E-state index >= 15 is 0 Å². The molecule has 34 heavy (non-hydrogen) atoms. The van der Waals surface area contributed by atoms with Crippen molar-refractivity contribution in [3.63, 3.8) is 0 Å². The van der Waals surface area contributed by atoms with Gasteiger partial charge in [0.05, 0.1) is 4.91 Å². The summed E-state index contributed by atoms with van der Waals surface area (Å²) >= 11 is 13.9. The summed E-state index contributed by atoms with van der Waals surface area (Å²) in [6.45, 7) is 0.221. The van der Waals surface area contributed by atoms with Crippen molar-refractivity contribution >= 4 is 74.3 Å². The second-order valence-electron chi connectivity index (χ2n) is 7.36. The summed E-state index contributed by atoms with van der Waals surface area (Å²) < 4.78 is 0.455. The number of benzene rings is 2. The molecule has 4 rings (SSSR count). The summed E-state index contributed by atoms with van der Waals surface area (Å²) in [5, 5.41) is 4.04. The Bertz CT molecular complexity index is 1250. The van der Waals surface area contributed by atoms with E-state index in [-0.39, 0.29) is 24.8 Å². The maximum Gasteiger partial charge on any atom is 0.266 e. The smallest absolute Gasteiger partial charge is 0.266 e. The largest absolute Gasteiger partial charge is 0.302 e. The molecule has 3 aromatic rings. The van der Waals surface area contributed by atoms with Crippen LogP contribution in [0.15, 0.2) is 77.9 Å². The van der Waals surface area contributed by atoms with Gasteiger partial charge in [0, 0.05) is 35.5 Å². The number of allylic oxidation sites excluding steroid dienone is 2. The van der Waals surface area contributed by atoms with E-state index in [9.17, 15) is 9.59 Å². The molecule has 1 aliphatic heterocycles. The van der Waals surface area contributed by atoms with Crippen LogP contribution in [-0.4, -0.2) is 32.6 Å². The number of thiocarbonyl (C=S) groups is 1. The molecule has 1 aliphatic rings. The molecule has 9 heteroatoms. The van der Waals surface area contributed by atoms with E-state index in [0.29, 0.717) is 25.8 Å². The average molecular weight is 526 g/mol. The lowest BCUT2D eigenvalue weighted by Gasteiger charge is -2.13. The van der Waals surface area contributed by atoms with E-state index in [1.807, 2.05) is 66.7 Å². The highest BCUT2D eigenvalue weighted by Gasteiger charge is 2.31. The zero-order valence-electron chi connectivity index (χ0n) is 17.9. The molecule has 1 aromatic heterocycles. The fraction of sp³-hybridized carbons (Fsp3) is 0.120. The SMILES string of the molecule is O=C(CCN1C(=O)/C(=C/C=C/c2ccccc2)SC1=S)Nc1ncc(Cc2ccc(Cl)cc2)s1. The minimum absolute atomic E-state index is 0.131. The fourth-order valence-electron chi connectivity index (χ4n) is 3.16. The van der Waals surface area contributed by atoms with Crippen molar-refractivity contribution in [1.82, 2.24) is 9.88 Å². The lowest BCUT2D eigenvalue weighted by molar-refractivity contribution is -0.122. The zero-order chi connectivity index (χ0) is 23.9. The number of carbonyl (C=O) groups is 2. The topological polar surface area (TPSA) is 62.3 Å². The summed E-state index contributed by atoms with van der Waals surface area (Å²) in [4.78, 5) is 32.4. The predicted molar refractivity (Wildman–Crippen MR) is 145 cm³/mol. The molecule has 2 amide bonds. The number of halogens is 1. The van der Waals surface area contributed by atoms with Gasteiger partial charge in [0.15, 0.2) is 5.13 Å². The van der Waals surface area contributed by atoms with Crippen molar-refractivity contribution < 1.29 is 9.59 Å². The van der Waals surface area contributed by atoms with Gasteiger partial charge in [-0.15, -0.1) is 11.3 Å². The van der Waals surface area contributed by atoms with E-state index in [1.54, 1.807) is 12.3 Å². The van der Waals surface area contributed by atoms with Gasteiger partial charge in [-0.3, -0.25) is 14.5 Å².